The van der Waals surface area contributed by atoms with Crippen LogP contribution in [0.25, 0.3) is 121 Å². The van der Waals surface area contributed by atoms with Crippen LogP contribution >= 0.6 is 11.3 Å². The maximum Gasteiger partial charge on any atom is 0.164 e. The first-order valence-corrected chi connectivity index (χ1v) is 26.2. The van der Waals surface area contributed by atoms with E-state index in [4.69, 9.17) is 19.4 Å². The Hall–Kier alpha value is -9.55. The van der Waals surface area contributed by atoms with E-state index in [2.05, 4.69) is 243 Å². The molecule has 0 amide bonds. The second-order valence-electron chi connectivity index (χ2n) is 19.4. The van der Waals surface area contributed by atoms with E-state index in [0.29, 0.717) is 17.5 Å². The molecule has 11 aromatic carbocycles. The van der Waals surface area contributed by atoms with E-state index in [0.717, 1.165) is 66.4 Å². The Morgan fingerprint density at radius 3 is 1.59 bits per heavy atom. The lowest BCUT2D eigenvalue weighted by atomic mass is 9.67. The van der Waals surface area contributed by atoms with E-state index < -0.39 is 5.41 Å². The third-order valence-corrected chi connectivity index (χ3v) is 16.4. The van der Waals surface area contributed by atoms with E-state index in [1.165, 1.54) is 59.1 Å². The third-order valence-electron chi connectivity index (χ3n) is 15.2. The topological polar surface area (TPSA) is 51.8 Å². The Balaban J connectivity index is 0.836. The molecule has 1 aliphatic rings. The summed E-state index contributed by atoms with van der Waals surface area (Å²) in [5.41, 5.74) is 18.3. The van der Waals surface area contributed by atoms with Gasteiger partial charge in [0.2, 0.25) is 0 Å². The van der Waals surface area contributed by atoms with Crippen LogP contribution in [0.15, 0.2) is 265 Å². The Bertz CT molecular complexity index is 4480. The Morgan fingerprint density at radius 1 is 0.293 bits per heavy atom. The summed E-state index contributed by atoms with van der Waals surface area (Å²) in [5.74, 6) is 1.80. The van der Waals surface area contributed by atoms with Gasteiger partial charge in [-0.1, -0.05) is 218 Å². The summed E-state index contributed by atoms with van der Waals surface area (Å²) >= 11 is 1.79. The second-order valence-corrected chi connectivity index (χ2v) is 20.5. The molecular formula is C70H43N3OS. The number of benzene rings is 11. The van der Waals surface area contributed by atoms with Gasteiger partial charge in [-0.3, -0.25) is 0 Å². The molecule has 350 valence electrons. The van der Waals surface area contributed by atoms with Crippen molar-refractivity contribution < 1.29 is 4.42 Å². The molecule has 0 saturated carbocycles. The van der Waals surface area contributed by atoms with Crippen LogP contribution in [0.3, 0.4) is 0 Å². The number of nitrogens with zero attached hydrogens (tertiary/aromatic N) is 3. The van der Waals surface area contributed by atoms with E-state index in [1.807, 2.05) is 18.2 Å². The van der Waals surface area contributed by atoms with Crippen molar-refractivity contribution in [3.8, 4) is 78.7 Å². The summed E-state index contributed by atoms with van der Waals surface area (Å²) in [6, 6.07) is 93.7. The highest BCUT2D eigenvalue weighted by Gasteiger charge is 2.46. The van der Waals surface area contributed by atoms with Gasteiger partial charge in [-0.05, 0) is 109 Å². The fourth-order valence-electron chi connectivity index (χ4n) is 11.8. The lowest BCUT2D eigenvalue weighted by Crippen LogP contribution is -2.28. The highest BCUT2D eigenvalue weighted by atomic mass is 32.1. The average molecular weight is 974 g/mol. The average Bonchev–Trinajstić information content (AvgIpc) is 4.27. The SMILES string of the molecule is c1ccc(-c2cccc(-c3nc(-c4ccc5c(c4)sc4ccccc45)nc(-c4cccc5oc6ccc(-c7ccc(-c8ccc9c(c8)C(c8ccccc8)(c8ccccc8)c8ccccc8-9)cc7)cc6c45)n3)c2)cc1. The molecule has 15 rings (SSSR count). The fraction of sp³-hybridized carbons (Fsp3) is 0.0143. The molecule has 14 aromatic rings. The Kier molecular flexibility index (Phi) is 9.94. The molecule has 75 heavy (non-hydrogen) atoms. The third kappa shape index (κ3) is 7.00. The normalized spacial score (nSPS) is 12.6. The van der Waals surface area contributed by atoms with Crippen molar-refractivity contribution in [2.45, 2.75) is 5.41 Å². The quantitative estimate of drug-likeness (QED) is 0.152. The number of fused-ring (bicyclic) bond motifs is 9. The van der Waals surface area contributed by atoms with Crippen LogP contribution in [-0.2, 0) is 5.41 Å². The first-order chi connectivity index (χ1) is 37.1. The fourth-order valence-corrected chi connectivity index (χ4v) is 12.9. The van der Waals surface area contributed by atoms with Crippen LogP contribution in [0.2, 0.25) is 0 Å². The van der Waals surface area contributed by atoms with Crippen molar-refractivity contribution in [3.63, 3.8) is 0 Å². The molecule has 3 heterocycles. The zero-order chi connectivity index (χ0) is 49.5. The predicted octanol–water partition coefficient (Wildman–Crippen LogP) is 18.5. The highest BCUT2D eigenvalue weighted by Crippen LogP contribution is 2.57. The molecule has 0 atom stereocenters. The molecular weight excluding hydrogens is 931 g/mol. The standard InChI is InChI=1S/C70H43N3OS/c1-4-16-44(17-5-1)47-18-14-19-50(40-47)67-71-68(51-35-38-57-56-25-11-13-29-64(56)75-65(57)43-51)73-69(72-67)58-26-15-28-63-66(58)59-41-48(36-39-62(59)74-63)45-30-32-46(33-31-45)49-34-37-55-54-24-10-12-27-60(54)70(61(55)42-49,52-20-6-2-7-21-52)53-22-8-3-9-23-53/h1-43H. The summed E-state index contributed by atoms with van der Waals surface area (Å²) in [5, 5.41) is 4.45. The minimum atomic E-state index is -0.460. The molecule has 3 aromatic heterocycles. The minimum absolute atomic E-state index is 0.460. The first kappa shape index (κ1) is 43.1. The van der Waals surface area contributed by atoms with E-state index in [9.17, 15) is 0 Å². The van der Waals surface area contributed by atoms with Gasteiger partial charge in [-0.15, -0.1) is 11.3 Å². The zero-order valence-electron chi connectivity index (χ0n) is 40.5. The van der Waals surface area contributed by atoms with Gasteiger partial charge in [0.05, 0.1) is 5.41 Å². The molecule has 0 fully saturated rings. The van der Waals surface area contributed by atoms with E-state index in [1.54, 1.807) is 11.3 Å². The van der Waals surface area contributed by atoms with Gasteiger partial charge < -0.3 is 4.42 Å². The van der Waals surface area contributed by atoms with Crippen molar-refractivity contribution in [2.24, 2.45) is 0 Å². The predicted molar refractivity (Wildman–Crippen MR) is 310 cm³/mol. The lowest BCUT2D eigenvalue weighted by Gasteiger charge is -2.34. The minimum Gasteiger partial charge on any atom is -0.456 e. The molecule has 0 radical (unpaired) electrons. The molecule has 0 spiro atoms. The second kappa shape index (κ2) is 17.3. The Labute approximate surface area is 437 Å². The first-order valence-electron chi connectivity index (χ1n) is 25.4. The summed E-state index contributed by atoms with van der Waals surface area (Å²) in [6.07, 6.45) is 0. The van der Waals surface area contributed by atoms with Crippen molar-refractivity contribution in [2.75, 3.05) is 0 Å². The van der Waals surface area contributed by atoms with Crippen molar-refractivity contribution in [1.82, 2.24) is 15.0 Å². The monoisotopic (exact) mass is 973 g/mol. The van der Waals surface area contributed by atoms with Crippen LogP contribution in [0.5, 0.6) is 0 Å². The molecule has 0 aliphatic heterocycles. The lowest BCUT2D eigenvalue weighted by molar-refractivity contribution is 0.669. The van der Waals surface area contributed by atoms with Crippen molar-refractivity contribution >= 4 is 53.4 Å². The van der Waals surface area contributed by atoms with Crippen LogP contribution in [0, 0.1) is 0 Å². The highest BCUT2D eigenvalue weighted by molar-refractivity contribution is 7.25. The number of furan rings is 1. The van der Waals surface area contributed by atoms with Crippen LogP contribution < -0.4 is 0 Å². The van der Waals surface area contributed by atoms with Gasteiger partial charge in [0.15, 0.2) is 17.5 Å². The van der Waals surface area contributed by atoms with Crippen molar-refractivity contribution in [1.29, 1.82) is 0 Å². The van der Waals surface area contributed by atoms with Gasteiger partial charge in [-0.2, -0.15) is 0 Å². The summed E-state index contributed by atoms with van der Waals surface area (Å²) in [4.78, 5) is 15.8. The summed E-state index contributed by atoms with van der Waals surface area (Å²) < 4.78 is 9.07. The molecule has 0 unspecified atom stereocenters. The summed E-state index contributed by atoms with van der Waals surface area (Å²) in [6.45, 7) is 0. The van der Waals surface area contributed by atoms with Crippen LogP contribution in [-0.4, -0.2) is 15.0 Å². The van der Waals surface area contributed by atoms with Crippen molar-refractivity contribution in [3.05, 3.63) is 283 Å². The van der Waals surface area contributed by atoms with E-state index in [-0.39, 0.29) is 0 Å². The van der Waals surface area contributed by atoms with Gasteiger partial charge >= 0.3 is 0 Å². The summed E-state index contributed by atoms with van der Waals surface area (Å²) in [7, 11) is 0. The number of hydrogen-bond donors (Lipinski definition) is 0. The molecule has 1 aliphatic carbocycles. The molecule has 0 bridgehead atoms. The number of thiophene rings is 1. The maximum atomic E-state index is 6.62. The number of hydrogen-bond acceptors (Lipinski definition) is 5. The van der Waals surface area contributed by atoms with Gasteiger partial charge in [0.25, 0.3) is 0 Å². The van der Waals surface area contributed by atoms with Gasteiger partial charge in [0, 0.05) is 47.6 Å². The van der Waals surface area contributed by atoms with E-state index >= 15 is 0 Å². The van der Waals surface area contributed by atoms with Gasteiger partial charge in [0.1, 0.15) is 11.2 Å². The molecule has 0 N–H and O–H groups in total. The van der Waals surface area contributed by atoms with Gasteiger partial charge in [-0.25, -0.2) is 15.0 Å². The Morgan fingerprint density at radius 2 is 0.813 bits per heavy atom. The maximum absolute atomic E-state index is 6.62. The van der Waals surface area contributed by atoms with Crippen LogP contribution in [0.4, 0.5) is 0 Å². The molecule has 4 nitrogen and oxygen atoms in total. The zero-order valence-corrected chi connectivity index (χ0v) is 41.3. The number of aromatic nitrogens is 3. The molecule has 0 saturated heterocycles. The van der Waals surface area contributed by atoms with Crippen LogP contribution in [0.1, 0.15) is 22.3 Å². The largest absolute Gasteiger partial charge is 0.456 e. The number of rotatable bonds is 8. The smallest absolute Gasteiger partial charge is 0.164 e. The molecule has 5 heteroatoms.